The molecule has 2 aliphatic rings. The average molecular weight is 736 g/mol. The van der Waals surface area contributed by atoms with E-state index < -0.39 is 12.0 Å². The first-order valence-corrected chi connectivity index (χ1v) is 18.0. The van der Waals surface area contributed by atoms with Crippen molar-refractivity contribution in [3.63, 3.8) is 0 Å². The number of esters is 1. The van der Waals surface area contributed by atoms with E-state index in [1.165, 1.54) is 21.8 Å². The van der Waals surface area contributed by atoms with Gasteiger partial charge in [0.1, 0.15) is 11.1 Å². The quantitative estimate of drug-likeness (QED) is 0.200. The fourth-order valence-corrected chi connectivity index (χ4v) is 9.51. The average Bonchev–Trinajstić information content (AvgIpc) is 3.66. The number of thiazole rings is 1. The highest BCUT2D eigenvalue weighted by atomic mass is 79.9. The van der Waals surface area contributed by atoms with Crippen molar-refractivity contribution in [2.45, 2.75) is 66.3 Å². The number of ether oxygens (including phenoxy) is 3. The first kappa shape index (κ1) is 33.0. The number of allylic oxidation sites excluding steroid dienone is 1. The number of carbonyl (C=O) groups is 1. The zero-order valence-electron chi connectivity index (χ0n) is 27.2. The summed E-state index contributed by atoms with van der Waals surface area (Å²) in [5, 5.41) is 11.1. The summed E-state index contributed by atoms with van der Waals surface area (Å²) in [7, 11) is 1.55. The Kier molecular flexibility index (Phi) is 9.34. The second-order valence-corrected chi connectivity index (χ2v) is 14.4. The number of benzene rings is 1. The molecule has 47 heavy (non-hydrogen) atoms. The molecular weight excluding hydrogens is 700 g/mol. The van der Waals surface area contributed by atoms with E-state index in [1.807, 2.05) is 32.9 Å². The van der Waals surface area contributed by atoms with Gasteiger partial charge in [-0.1, -0.05) is 27.3 Å². The number of carbonyl (C=O) groups excluding carboxylic acids is 1. The first-order chi connectivity index (χ1) is 22.6. The van der Waals surface area contributed by atoms with Crippen molar-refractivity contribution in [1.29, 1.82) is 5.26 Å². The molecular formula is C35H35BrN4O5S2. The van der Waals surface area contributed by atoms with E-state index in [9.17, 15) is 14.9 Å². The summed E-state index contributed by atoms with van der Waals surface area (Å²) in [6.45, 7) is 10.1. The van der Waals surface area contributed by atoms with Crippen LogP contribution in [0.3, 0.4) is 0 Å². The molecule has 244 valence electrons. The zero-order chi connectivity index (χ0) is 33.6. The summed E-state index contributed by atoms with van der Waals surface area (Å²) in [6.07, 6.45) is 6.08. The summed E-state index contributed by atoms with van der Waals surface area (Å²) in [5.74, 6) is 0.477. The van der Waals surface area contributed by atoms with Crippen LogP contribution in [0.4, 0.5) is 0 Å². The number of nitrogens with zero attached hydrogens (tertiary/aromatic N) is 4. The van der Waals surface area contributed by atoms with Crippen molar-refractivity contribution in [3.05, 3.63) is 92.1 Å². The number of hydrogen-bond donors (Lipinski definition) is 0. The lowest BCUT2D eigenvalue weighted by Crippen LogP contribution is -2.40. The number of nitriles is 1. The van der Waals surface area contributed by atoms with Gasteiger partial charge in [-0.15, -0.1) is 11.3 Å². The predicted molar refractivity (Wildman–Crippen MR) is 187 cm³/mol. The lowest BCUT2D eigenvalue weighted by atomic mass is 9.95. The Labute approximate surface area is 289 Å². The monoisotopic (exact) mass is 734 g/mol. The van der Waals surface area contributed by atoms with E-state index in [0.29, 0.717) is 43.2 Å². The zero-order valence-corrected chi connectivity index (χ0v) is 30.4. The highest BCUT2D eigenvalue weighted by Gasteiger charge is 2.35. The van der Waals surface area contributed by atoms with E-state index in [1.54, 1.807) is 49.0 Å². The largest absolute Gasteiger partial charge is 0.493 e. The lowest BCUT2D eigenvalue weighted by molar-refractivity contribution is -0.139. The molecule has 4 aromatic rings. The molecule has 12 heteroatoms. The highest BCUT2D eigenvalue weighted by molar-refractivity contribution is 9.10. The third-order valence-electron chi connectivity index (χ3n) is 8.62. The molecule has 1 atom stereocenters. The Morgan fingerprint density at radius 1 is 1.13 bits per heavy atom. The van der Waals surface area contributed by atoms with Crippen molar-refractivity contribution < 1.29 is 19.0 Å². The van der Waals surface area contributed by atoms with Crippen LogP contribution < -0.4 is 24.4 Å². The van der Waals surface area contributed by atoms with Gasteiger partial charge in [-0.2, -0.15) is 5.26 Å². The van der Waals surface area contributed by atoms with Gasteiger partial charge >= 0.3 is 5.97 Å². The molecule has 1 aliphatic heterocycles. The third-order valence-corrected chi connectivity index (χ3v) is 11.6. The van der Waals surface area contributed by atoms with Gasteiger partial charge in [0, 0.05) is 20.7 Å². The highest BCUT2D eigenvalue weighted by Crippen LogP contribution is 2.41. The molecule has 0 unspecified atom stereocenters. The predicted octanol–water partition coefficient (Wildman–Crippen LogP) is 6.19. The summed E-state index contributed by atoms with van der Waals surface area (Å²) < 4.78 is 21.7. The fraction of sp³-hybridized carbons (Fsp3) is 0.371. The van der Waals surface area contributed by atoms with Crippen LogP contribution in [0.25, 0.3) is 11.1 Å². The molecule has 0 bridgehead atoms. The number of thiophene rings is 1. The molecule has 0 N–H and O–H groups in total. The molecule has 0 saturated carbocycles. The van der Waals surface area contributed by atoms with E-state index in [2.05, 4.69) is 26.6 Å². The van der Waals surface area contributed by atoms with Crippen LogP contribution in [0.2, 0.25) is 0 Å². The van der Waals surface area contributed by atoms with E-state index in [4.69, 9.17) is 19.2 Å². The number of halogens is 1. The number of methoxy groups -OCH3 is 1. The van der Waals surface area contributed by atoms with Crippen molar-refractivity contribution in [2.24, 2.45) is 4.99 Å². The minimum Gasteiger partial charge on any atom is -0.493 e. The number of rotatable bonds is 8. The second-order valence-electron chi connectivity index (χ2n) is 11.4. The Balaban J connectivity index is 1.53. The molecule has 4 heterocycles. The number of hydrogen-bond acceptors (Lipinski definition) is 9. The summed E-state index contributed by atoms with van der Waals surface area (Å²) in [6, 6.07) is 7.28. The molecule has 0 amide bonds. The standard InChI is InChI=1S/C35H35BrN4O5S2/c1-7-44-27-16-25(36)23(15-26(27)43-6)31-30(34(42)45-8-2)19(4)38-35-40(31)32(41)29(47-35)14-21-13-18(3)39(20(21)5)33-24(17-37)22-11-9-10-12-28(22)46-33/h13-16,31H,7-12H2,1-6H3/b29-14+/t31-/m0/s1. The maximum absolute atomic E-state index is 14.4. The Morgan fingerprint density at radius 2 is 1.89 bits per heavy atom. The van der Waals surface area contributed by atoms with Gasteiger partial charge in [0.15, 0.2) is 16.3 Å². The van der Waals surface area contributed by atoms with Crippen LogP contribution in [0.1, 0.15) is 78.2 Å². The number of aryl methyl sites for hydroxylation is 2. The van der Waals surface area contributed by atoms with Crippen molar-refractivity contribution in [1.82, 2.24) is 9.13 Å². The molecule has 0 fully saturated rings. The molecule has 3 aromatic heterocycles. The fourth-order valence-electron chi connectivity index (χ4n) is 6.49. The minimum absolute atomic E-state index is 0.177. The van der Waals surface area contributed by atoms with Gasteiger partial charge in [-0.25, -0.2) is 9.79 Å². The van der Waals surface area contributed by atoms with Gasteiger partial charge < -0.3 is 18.8 Å². The molecule has 0 saturated heterocycles. The Hall–Kier alpha value is -3.92. The SMILES string of the molecule is CCOC(=O)C1=C(C)N=c2s/c(=C/c3cc(C)n(-c4sc5c(c4C#N)CCCC5)c3C)c(=O)n2[C@H]1c1cc(OC)c(OCC)cc1Br. The van der Waals surface area contributed by atoms with Crippen LogP contribution >= 0.6 is 38.6 Å². The maximum Gasteiger partial charge on any atom is 0.338 e. The Bertz CT molecular complexity index is 2180. The first-order valence-electron chi connectivity index (χ1n) is 15.6. The van der Waals surface area contributed by atoms with Crippen LogP contribution in [0.5, 0.6) is 11.5 Å². The molecule has 9 nitrogen and oxygen atoms in total. The van der Waals surface area contributed by atoms with Crippen LogP contribution in [0, 0.1) is 25.2 Å². The topological polar surface area (TPSA) is 108 Å². The van der Waals surface area contributed by atoms with Crippen molar-refractivity contribution >= 4 is 50.6 Å². The lowest BCUT2D eigenvalue weighted by Gasteiger charge is -2.26. The van der Waals surface area contributed by atoms with E-state index >= 15 is 0 Å². The normalized spacial score (nSPS) is 16.0. The maximum atomic E-state index is 14.4. The number of fused-ring (bicyclic) bond motifs is 2. The van der Waals surface area contributed by atoms with Crippen molar-refractivity contribution in [3.8, 4) is 22.6 Å². The van der Waals surface area contributed by atoms with Gasteiger partial charge in [-0.3, -0.25) is 9.36 Å². The van der Waals surface area contributed by atoms with E-state index in [0.717, 1.165) is 53.2 Å². The van der Waals surface area contributed by atoms with Gasteiger partial charge in [-0.05, 0) is 101 Å². The summed E-state index contributed by atoms with van der Waals surface area (Å²) in [4.78, 5) is 34.3. The molecule has 1 aliphatic carbocycles. The Morgan fingerprint density at radius 3 is 2.60 bits per heavy atom. The molecule has 0 spiro atoms. The summed E-state index contributed by atoms with van der Waals surface area (Å²) in [5.41, 5.74) is 5.88. The van der Waals surface area contributed by atoms with Gasteiger partial charge in [0.2, 0.25) is 0 Å². The van der Waals surface area contributed by atoms with Crippen molar-refractivity contribution in [2.75, 3.05) is 20.3 Å². The molecule has 0 radical (unpaired) electrons. The molecule has 6 rings (SSSR count). The number of aromatic nitrogens is 2. The smallest absolute Gasteiger partial charge is 0.338 e. The van der Waals surface area contributed by atoms with Crippen LogP contribution in [-0.2, 0) is 22.4 Å². The van der Waals surface area contributed by atoms with Gasteiger partial charge in [0.25, 0.3) is 5.56 Å². The second kappa shape index (κ2) is 13.3. The third kappa shape index (κ3) is 5.68. The van der Waals surface area contributed by atoms with Gasteiger partial charge in [0.05, 0.1) is 47.7 Å². The minimum atomic E-state index is -0.825. The van der Waals surface area contributed by atoms with Crippen LogP contribution in [0.15, 0.2) is 43.7 Å². The van der Waals surface area contributed by atoms with E-state index in [-0.39, 0.29) is 17.7 Å². The van der Waals surface area contributed by atoms with Crippen LogP contribution in [-0.4, -0.2) is 35.4 Å². The molecule has 1 aromatic carbocycles. The summed E-state index contributed by atoms with van der Waals surface area (Å²) >= 11 is 6.65.